The Balaban J connectivity index is 2.00. The number of hydrogen-bond donors (Lipinski definition) is 2. The van der Waals surface area contributed by atoms with Crippen molar-refractivity contribution in [2.45, 2.75) is 52.1 Å². The largest absolute Gasteiger partial charge is 0.329 e. The van der Waals surface area contributed by atoms with Crippen molar-refractivity contribution in [1.82, 2.24) is 4.90 Å². The summed E-state index contributed by atoms with van der Waals surface area (Å²) in [6.45, 7) is 7.32. The van der Waals surface area contributed by atoms with Crippen molar-refractivity contribution in [3.8, 4) is 0 Å². The van der Waals surface area contributed by atoms with Crippen LogP contribution < -0.4 is 11.1 Å². The fourth-order valence-electron chi connectivity index (χ4n) is 3.19. The lowest BCUT2D eigenvalue weighted by molar-refractivity contribution is -0.118. The molecule has 2 unspecified atom stereocenters. The lowest BCUT2D eigenvalue weighted by Crippen LogP contribution is -2.51. The average molecular weight is 289 g/mol. The highest BCUT2D eigenvalue weighted by molar-refractivity contribution is 5.93. The minimum atomic E-state index is 0.0501. The van der Waals surface area contributed by atoms with Gasteiger partial charge in [0.15, 0.2) is 0 Å². The van der Waals surface area contributed by atoms with E-state index in [1.165, 1.54) is 12.0 Å². The summed E-state index contributed by atoms with van der Waals surface area (Å²) in [6, 6.07) is 6.84. The molecule has 3 N–H and O–H groups in total. The molecule has 1 fully saturated rings. The quantitative estimate of drug-likeness (QED) is 0.895. The van der Waals surface area contributed by atoms with E-state index in [0.29, 0.717) is 25.2 Å². The summed E-state index contributed by atoms with van der Waals surface area (Å²) in [6.07, 6.45) is 3.45. The van der Waals surface area contributed by atoms with Crippen LogP contribution in [0.2, 0.25) is 0 Å². The number of amides is 1. The van der Waals surface area contributed by atoms with Gasteiger partial charge in [0.05, 0.1) is 6.54 Å². The van der Waals surface area contributed by atoms with Crippen molar-refractivity contribution in [1.29, 1.82) is 0 Å². The number of carbonyl (C=O) groups excluding carboxylic acids is 1. The van der Waals surface area contributed by atoms with Crippen LogP contribution in [0, 0.1) is 13.8 Å². The lowest BCUT2D eigenvalue weighted by atomic mass is 9.96. The summed E-state index contributed by atoms with van der Waals surface area (Å²) >= 11 is 0. The molecule has 1 saturated heterocycles. The zero-order valence-corrected chi connectivity index (χ0v) is 13.4. The van der Waals surface area contributed by atoms with Gasteiger partial charge in [0, 0.05) is 24.3 Å². The van der Waals surface area contributed by atoms with Crippen LogP contribution >= 0.6 is 0 Å². The highest BCUT2D eigenvalue weighted by Gasteiger charge is 2.28. The summed E-state index contributed by atoms with van der Waals surface area (Å²) in [5.41, 5.74) is 9.06. The van der Waals surface area contributed by atoms with Crippen molar-refractivity contribution in [2.24, 2.45) is 5.73 Å². The molecule has 1 aliphatic rings. The Bertz CT molecular complexity index is 501. The predicted molar refractivity (Wildman–Crippen MR) is 87.4 cm³/mol. The molecular formula is C17H27N3O. The molecule has 1 aromatic carbocycles. The SMILES string of the molecule is Cc1ccc(NC(=O)CN2C(C)CCCC2CN)c(C)c1. The summed E-state index contributed by atoms with van der Waals surface area (Å²) in [5, 5.41) is 3.03. The van der Waals surface area contributed by atoms with Gasteiger partial charge in [0.1, 0.15) is 0 Å². The number of likely N-dealkylation sites (tertiary alicyclic amines) is 1. The maximum atomic E-state index is 12.3. The van der Waals surface area contributed by atoms with Gasteiger partial charge in [0.25, 0.3) is 0 Å². The first-order chi connectivity index (χ1) is 10.0. The van der Waals surface area contributed by atoms with Gasteiger partial charge in [-0.05, 0) is 45.2 Å². The third kappa shape index (κ3) is 4.05. The van der Waals surface area contributed by atoms with Crippen LogP contribution in [0.15, 0.2) is 18.2 Å². The Morgan fingerprint density at radius 2 is 2.14 bits per heavy atom. The third-order valence-corrected chi connectivity index (χ3v) is 4.45. The molecule has 1 amide bonds. The van der Waals surface area contributed by atoms with Gasteiger partial charge in [0.2, 0.25) is 5.91 Å². The molecule has 21 heavy (non-hydrogen) atoms. The zero-order valence-electron chi connectivity index (χ0n) is 13.4. The van der Waals surface area contributed by atoms with Crippen molar-refractivity contribution in [3.63, 3.8) is 0 Å². The Labute approximate surface area is 127 Å². The first-order valence-electron chi connectivity index (χ1n) is 7.84. The highest BCUT2D eigenvalue weighted by atomic mass is 16.2. The molecule has 1 aliphatic heterocycles. The van der Waals surface area contributed by atoms with E-state index < -0.39 is 0 Å². The molecule has 0 spiro atoms. The molecule has 0 aromatic heterocycles. The number of nitrogens with zero attached hydrogens (tertiary/aromatic N) is 1. The number of nitrogens with one attached hydrogen (secondary N) is 1. The molecule has 2 rings (SSSR count). The molecule has 1 aromatic rings. The molecule has 116 valence electrons. The van der Waals surface area contributed by atoms with E-state index in [1.807, 2.05) is 19.1 Å². The second-order valence-electron chi connectivity index (χ2n) is 6.21. The predicted octanol–water partition coefficient (Wildman–Crippen LogP) is 2.44. The number of benzene rings is 1. The third-order valence-electron chi connectivity index (χ3n) is 4.45. The normalized spacial score (nSPS) is 23.0. The minimum absolute atomic E-state index is 0.0501. The Kier molecular flexibility index (Phi) is 5.37. The Morgan fingerprint density at radius 1 is 1.38 bits per heavy atom. The molecule has 4 nitrogen and oxygen atoms in total. The minimum Gasteiger partial charge on any atom is -0.329 e. The standard InChI is InChI=1S/C17H27N3O/c1-12-7-8-16(13(2)9-12)19-17(21)11-20-14(3)5-4-6-15(20)10-18/h7-9,14-15H,4-6,10-11,18H2,1-3H3,(H,19,21). The van der Waals surface area contributed by atoms with Gasteiger partial charge < -0.3 is 11.1 Å². The maximum Gasteiger partial charge on any atom is 0.238 e. The summed E-state index contributed by atoms with van der Waals surface area (Å²) in [7, 11) is 0. The monoisotopic (exact) mass is 289 g/mol. The van der Waals surface area contributed by atoms with E-state index >= 15 is 0 Å². The number of rotatable bonds is 4. The zero-order chi connectivity index (χ0) is 15.4. The average Bonchev–Trinajstić information content (AvgIpc) is 2.44. The van der Waals surface area contributed by atoms with Crippen LogP contribution in [0.3, 0.4) is 0 Å². The fraction of sp³-hybridized carbons (Fsp3) is 0.588. The number of anilines is 1. The second kappa shape index (κ2) is 7.05. The van der Waals surface area contributed by atoms with E-state index in [4.69, 9.17) is 5.73 Å². The number of hydrogen-bond acceptors (Lipinski definition) is 3. The molecule has 0 radical (unpaired) electrons. The van der Waals surface area contributed by atoms with Gasteiger partial charge in [-0.1, -0.05) is 24.1 Å². The number of nitrogens with two attached hydrogens (primary N) is 1. The molecule has 0 aliphatic carbocycles. The van der Waals surface area contributed by atoms with Crippen LogP contribution in [0.4, 0.5) is 5.69 Å². The summed E-state index contributed by atoms with van der Waals surface area (Å²) in [5.74, 6) is 0.0501. The van der Waals surface area contributed by atoms with E-state index in [0.717, 1.165) is 24.1 Å². The topological polar surface area (TPSA) is 58.4 Å². The van der Waals surface area contributed by atoms with Crippen LogP contribution in [-0.4, -0.2) is 36.0 Å². The first kappa shape index (κ1) is 16.0. The van der Waals surface area contributed by atoms with Gasteiger partial charge in [-0.15, -0.1) is 0 Å². The fourth-order valence-corrected chi connectivity index (χ4v) is 3.19. The number of aryl methyl sites for hydroxylation is 2. The Hall–Kier alpha value is -1.39. The molecule has 4 heteroatoms. The van der Waals surface area contributed by atoms with Crippen molar-refractivity contribution >= 4 is 11.6 Å². The smallest absolute Gasteiger partial charge is 0.238 e. The second-order valence-corrected chi connectivity index (χ2v) is 6.21. The van der Waals surface area contributed by atoms with Crippen LogP contribution in [-0.2, 0) is 4.79 Å². The van der Waals surface area contributed by atoms with Crippen LogP contribution in [0.25, 0.3) is 0 Å². The van der Waals surface area contributed by atoms with E-state index in [9.17, 15) is 4.79 Å². The van der Waals surface area contributed by atoms with Crippen LogP contribution in [0.1, 0.15) is 37.3 Å². The van der Waals surface area contributed by atoms with E-state index in [2.05, 4.69) is 30.1 Å². The summed E-state index contributed by atoms with van der Waals surface area (Å²) < 4.78 is 0. The molecule has 1 heterocycles. The van der Waals surface area contributed by atoms with E-state index in [1.54, 1.807) is 0 Å². The van der Waals surface area contributed by atoms with Gasteiger partial charge in [-0.3, -0.25) is 9.69 Å². The summed E-state index contributed by atoms with van der Waals surface area (Å²) in [4.78, 5) is 14.6. The van der Waals surface area contributed by atoms with Crippen molar-refractivity contribution in [2.75, 3.05) is 18.4 Å². The lowest BCUT2D eigenvalue weighted by Gasteiger charge is -2.39. The molecule has 0 bridgehead atoms. The van der Waals surface area contributed by atoms with Gasteiger partial charge >= 0.3 is 0 Å². The Morgan fingerprint density at radius 3 is 2.81 bits per heavy atom. The first-order valence-corrected chi connectivity index (χ1v) is 7.84. The van der Waals surface area contributed by atoms with Gasteiger partial charge in [-0.25, -0.2) is 0 Å². The van der Waals surface area contributed by atoms with Crippen molar-refractivity contribution in [3.05, 3.63) is 29.3 Å². The molecule has 2 atom stereocenters. The molecular weight excluding hydrogens is 262 g/mol. The number of carbonyl (C=O) groups is 1. The molecule has 0 saturated carbocycles. The maximum absolute atomic E-state index is 12.3. The highest BCUT2D eigenvalue weighted by Crippen LogP contribution is 2.22. The van der Waals surface area contributed by atoms with E-state index in [-0.39, 0.29) is 5.91 Å². The van der Waals surface area contributed by atoms with Gasteiger partial charge in [-0.2, -0.15) is 0 Å². The number of piperidine rings is 1. The van der Waals surface area contributed by atoms with Crippen molar-refractivity contribution < 1.29 is 4.79 Å². The van der Waals surface area contributed by atoms with Crippen LogP contribution in [0.5, 0.6) is 0 Å².